The predicted octanol–water partition coefficient (Wildman–Crippen LogP) is 3.12. The number of nitrogens with one attached hydrogen (secondary N) is 1. The second-order valence-electron chi connectivity index (χ2n) is 5.60. The van der Waals surface area contributed by atoms with Gasteiger partial charge in [-0.15, -0.1) is 0 Å². The number of likely N-dealkylation sites (tertiary alicyclic amines) is 1. The molecule has 2 rings (SSSR count). The van der Waals surface area contributed by atoms with Crippen LogP contribution in [0.1, 0.15) is 24.4 Å². The van der Waals surface area contributed by atoms with Crippen molar-refractivity contribution in [1.29, 1.82) is 0 Å². The SMILES string of the molecule is COc1ccc([C@@H](CNC(=O)OCC(F)(F)F)N2CCCC2)cc1. The van der Waals surface area contributed by atoms with Crippen molar-refractivity contribution in [1.82, 2.24) is 10.2 Å². The van der Waals surface area contributed by atoms with Crippen LogP contribution in [0.5, 0.6) is 5.75 Å². The molecule has 5 nitrogen and oxygen atoms in total. The van der Waals surface area contributed by atoms with Crippen molar-refractivity contribution in [3.8, 4) is 5.75 Å². The van der Waals surface area contributed by atoms with Gasteiger partial charge >= 0.3 is 12.3 Å². The molecule has 1 N–H and O–H groups in total. The minimum atomic E-state index is -4.53. The number of methoxy groups -OCH3 is 1. The molecule has 24 heavy (non-hydrogen) atoms. The van der Waals surface area contributed by atoms with Crippen molar-refractivity contribution in [2.45, 2.75) is 25.1 Å². The Morgan fingerprint density at radius 2 is 1.88 bits per heavy atom. The number of halogens is 3. The molecule has 0 bridgehead atoms. The number of amides is 1. The fourth-order valence-corrected chi connectivity index (χ4v) is 2.72. The van der Waals surface area contributed by atoms with Gasteiger partial charge in [-0.3, -0.25) is 4.90 Å². The summed E-state index contributed by atoms with van der Waals surface area (Å²) < 4.78 is 45.5. The van der Waals surface area contributed by atoms with Gasteiger partial charge in [0.25, 0.3) is 0 Å². The quantitative estimate of drug-likeness (QED) is 0.860. The maximum absolute atomic E-state index is 12.1. The molecular formula is C16H21F3N2O3. The summed E-state index contributed by atoms with van der Waals surface area (Å²) in [7, 11) is 1.57. The molecule has 1 amide bonds. The third-order valence-electron chi connectivity index (χ3n) is 3.89. The molecular weight excluding hydrogens is 325 g/mol. The lowest BCUT2D eigenvalue weighted by Gasteiger charge is -2.28. The van der Waals surface area contributed by atoms with E-state index >= 15 is 0 Å². The highest BCUT2D eigenvalue weighted by molar-refractivity contribution is 5.67. The summed E-state index contributed by atoms with van der Waals surface area (Å²) in [5, 5.41) is 2.43. The lowest BCUT2D eigenvalue weighted by atomic mass is 10.1. The number of carbonyl (C=O) groups excluding carboxylic acids is 1. The van der Waals surface area contributed by atoms with Crippen molar-refractivity contribution in [3.63, 3.8) is 0 Å². The zero-order valence-corrected chi connectivity index (χ0v) is 13.4. The number of hydrogen-bond acceptors (Lipinski definition) is 4. The summed E-state index contributed by atoms with van der Waals surface area (Å²) in [5.41, 5.74) is 0.967. The highest BCUT2D eigenvalue weighted by Gasteiger charge is 2.30. The Labute approximate surface area is 138 Å². The molecule has 0 spiro atoms. The van der Waals surface area contributed by atoms with Gasteiger partial charge in [0.05, 0.1) is 13.2 Å². The summed E-state index contributed by atoms with van der Waals surface area (Å²) in [6.45, 7) is 0.366. The Bertz CT molecular complexity index is 528. The first-order chi connectivity index (χ1) is 11.4. The molecule has 1 aromatic rings. The summed E-state index contributed by atoms with van der Waals surface area (Å²) in [6, 6.07) is 7.31. The predicted molar refractivity (Wildman–Crippen MR) is 81.9 cm³/mol. The van der Waals surface area contributed by atoms with Crippen LogP contribution in [0.3, 0.4) is 0 Å². The number of carbonyl (C=O) groups is 1. The monoisotopic (exact) mass is 346 g/mol. The van der Waals surface area contributed by atoms with Gasteiger partial charge in [0, 0.05) is 6.54 Å². The number of nitrogens with zero attached hydrogens (tertiary/aromatic N) is 1. The van der Waals surface area contributed by atoms with E-state index in [1.165, 1.54) is 0 Å². The third-order valence-corrected chi connectivity index (χ3v) is 3.89. The zero-order valence-electron chi connectivity index (χ0n) is 13.4. The minimum Gasteiger partial charge on any atom is -0.497 e. The molecule has 0 radical (unpaired) electrons. The maximum atomic E-state index is 12.1. The van der Waals surface area contributed by atoms with Gasteiger partial charge in [-0.1, -0.05) is 12.1 Å². The summed E-state index contributed by atoms with van der Waals surface area (Å²) in [4.78, 5) is 13.7. The lowest BCUT2D eigenvalue weighted by molar-refractivity contribution is -0.160. The van der Waals surface area contributed by atoms with Gasteiger partial charge in [0.15, 0.2) is 6.61 Å². The van der Waals surface area contributed by atoms with Gasteiger partial charge in [0.2, 0.25) is 0 Å². The van der Waals surface area contributed by atoms with E-state index in [0.29, 0.717) is 0 Å². The first-order valence-electron chi connectivity index (χ1n) is 7.74. The fraction of sp³-hybridized carbons (Fsp3) is 0.562. The zero-order chi connectivity index (χ0) is 17.6. The van der Waals surface area contributed by atoms with E-state index in [4.69, 9.17) is 4.74 Å². The Balaban J connectivity index is 1.97. The van der Waals surface area contributed by atoms with E-state index in [1.807, 2.05) is 24.3 Å². The highest BCUT2D eigenvalue weighted by atomic mass is 19.4. The Morgan fingerprint density at radius 3 is 2.42 bits per heavy atom. The molecule has 0 aliphatic carbocycles. The topological polar surface area (TPSA) is 50.8 Å². The van der Waals surface area contributed by atoms with Crippen molar-refractivity contribution >= 4 is 6.09 Å². The molecule has 1 atom stereocenters. The van der Waals surface area contributed by atoms with Crippen LogP contribution in [0.4, 0.5) is 18.0 Å². The van der Waals surface area contributed by atoms with Crippen LogP contribution in [0, 0.1) is 0 Å². The van der Waals surface area contributed by atoms with Crippen molar-refractivity contribution in [2.75, 3.05) is 33.4 Å². The number of alkyl carbamates (subject to hydrolysis) is 1. The van der Waals surface area contributed by atoms with Crippen molar-refractivity contribution < 1.29 is 27.4 Å². The molecule has 0 aromatic heterocycles. The van der Waals surface area contributed by atoms with Crippen molar-refractivity contribution in [3.05, 3.63) is 29.8 Å². The van der Waals surface area contributed by atoms with E-state index in [-0.39, 0.29) is 12.6 Å². The van der Waals surface area contributed by atoms with Crippen LogP contribution in [0.25, 0.3) is 0 Å². The standard InChI is InChI=1S/C16H21F3N2O3/c1-23-13-6-4-12(5-7-13)14(21-8-2-3-9-21)10-20-15(22)24-11-16(17,18)19/h4-7,14H,2-3,8-11H2,1H3,(H,20,22)/t14-/m1/s1. The van der Waals surface area contributed by atoms with Crippen LogP contribution in [0.2, 0.25) is 0 Å². The largest absolute Gasteiger partial charge is 0.497 e. The van der Waals surface area contributed by atoms with E-state index in [1.54, 1.807) is 7.11 Å². The Kier molecular flexibility index (Phi) is 6.30. The molecule has 1 aromatic carbocycles. The lowest BCUT2D eigenvalue weighted by Crippen LogP contribution is -2.38. The van der Waals surface area contributed by atoms with Gasteiger partial charge < -0.3 is 14.8 Å². The van der Waals surface area contributed by atoms with Crippen LogP contribution < -0.4 is 10.1 Å². The number of hydrogen-bond donors (Lipinski definition) is 1. The van der Waals surface area contributed by atoms with Crippen LogP contribution in [-0.4, -0.2) is 50.5 Å². The molecule has 0 unspecified atom stereocenters. The second kappa shape index (κ2) is 8.23. The number of alkyl halides is 3. The third kappa shape index (κ3) is 5.59. The van der Waals surface area contributed by atoms with Crippen LogP contribution in [0.15, 0.2) is 24.3 Å². The fourth-order valence-electron chi connectivity index (χ4n) is 2.72. The molecule has 0 saturated carbocycles. The molecule has 1 aliphatic heterocycles. The van der Waals surface area contributed by atoms with Gasteiger partial charge in [-0.25, -0.2) is 4.79 Å². The average molecular weight is 346 g/mol. The smallest absolute Gasteiger partial charge is 0.422 e. The van der Waals surface area contributed by atoms with Gasteiger partial charge in [0.1, 0.15) is 5.75 Å². The van der Waals surface area contributed by atoms with Crippen LogP contribution in [-0.2, 0) is 4.74 Å². The molecule has 1 saturated heterocycles. The first kappa shape index (κ1) is 18.4. The maximum Gasteiger partial charge on any atom is 0.422 e. The van der Waals surface area contributed by atoms with E-state index in [2.05, 4.69) is 15.0 Å². The highest BCUT2D eigenvalue weighted by Crippen LogP contribution is 2.26. The minimum absolute atomic E-state index is 0.114. The Hall–Kier alpha value is -1.96. The van der Waals surface area contributed by atoms with Crippen LogP contribution >= 0.6 is 0 Å². The van der Waals surface area contributed by atoms with Crippen molar-refractivity contribution in [2.24, 2.45) is 0 Å². The van der Waals surface area contributed by atoms with E-state index in [0.717, 1.165) is 37.2 Å². The summed E-state index contributed by atoms with van der Waals surface area (Å²) in [6.07, 6.45) is -3.47. The molecule has 1 aliphatic rings. The average Bonchev–Trinajstić information content (AvgIpc) is 3.07. The number of benzene rings is 1. The normalized spacial score (nSPS) is 16.7. The molecule has 8 heteroatoms. The molecule has 1 heterocycles. The van der Waals surface area contributed by atoms with E-state index in [9.17, 15) is 18.0 Å². The second-order valence-corrected chi connectivity index (χ2v) is 5.60. The number of rotatable bonds is 6. The summed E-state index contributed by atoms with van der Waals surface area (Å²) >= 11 is 0. The van der Waals surface area contributed by atoms with Gasteiger partial charge in [-0.2, -0.15) is 13.2 Å². The Morgan fingerprint density at radius 1 is 1.25 bits per heavy atom. The van der Waals surface area contributed by atoms with E-state index < -0.39 is 18.9 Å². The number of ether oxygens (including phenoxy) is 2. The molecule has 134 valence electrons. The molecule has 1 fully saturated rings. The summed E-state index contributed by atoms with van der Waals surface area (Å²) in [5.74, 6) is 0.719. The van der Waals surface area contributed by atoms with Gasteiger partial charge in [-0.05, 0) is 43.6 Å². The first-order valence-corrected chi connectivity index (χ1v) is 7.74.